The van der Waals surface area contributed by atoms with Crippen molar-refractivity contribution in [2.75, 3.05) is 7.11 Å². The molecule has 3 atom stereocenters. The molecule has 0 saturated heterocycles. The van der Waals surface area contributed by atoms with Crippen molar-refractivity contribution in [1.82, 2.24) is 0 Å². The van der Waals surface area contributed by atoms with Crippen LogP contribution in [0.15, 0.2) is 0 Å². The lowest BCUT2D eigenvalue weighted by atomic mass is 9.65. The zero-order valence-corrected chi connectivity index (χ0v) is 12.7. The van der Waals surface area contributed by atoms with Crippen molar-refractivity contribution in [3.05, 3.63) is 0 Å². The van der Waals surface area contributed by atoms with Crippen molar-refractivity contribution >= 4 is 0 Å². The molecule has 0 spiro atoms. The summed E-state index contributed by atoms with van der Waals surface area (Å²) in [5, 5.41) is 0. The molecular formula is C17H32O. The lowest BCUT2D eigenvalue weighted by molar-refractivity contribution is 0.0275. The minimum absolute atomic E-state index is 0.563. The highest BCUT2D eigenvalue weighted by Crippen LogP contribution is 2.44. The summed E-state index contributed by atoms with van der Waals surface area (Å²) >= 11 is 0. The average Bonchev–Trinajstić information content (AvgIpc) is 2.40. The summed E-state index contributed by atoms with van der Waals surface area (Å²) in [6, 6.07) is 0. The summed E-state index contributed by atoms with van der Waals surface area (Å²) in [4.78, 5) is 0. The molecule has 0 bridgehead atoms. The number of hydrogen-bond donors (Lipinski definition) is 0. The van der Waals surface area contributed by atoms with Crippen LogP contribution in [0.2, 0.25) is 0 Å². The normalized spacial score (nSPS) is 41.8. The van der Waals surface area contributed by atoms with Gasteiger partial charge in [0, 0.05) is 7.11 Å². The summed E-state index contributed by atoms with van der Waals surface area (Å²) in [5.41, 5.74) is 0. The van der Waals surface area contributed by atoms with E-state index >= 15 is 0 Å². The molecule has 2 fully saturated rings. The Morgan fingerprint density at radius 1 is 1.00 bits per heavy atom. The van der Waals surface area contributed by atoms with Crippen molar-refractivity contribution in [3.63, 3.8) is 0 Å². The maximum Gasteiger partial charge on any atom is 0.0571 e. The van der Waals surface area contributed by atoms with Gasteiger partial charge in [0.25, 0.3) is 0 Å². The van der Waals surface area contributed by atoms with E-state index in [1.165, 1.54) is 57.8 Å². The molecule has 0 aromatic carbocycles. The average molecular weight is 252 g/mol. The lowest BCUT2D eigenvalue weighted by Gasteiger charge is -2.41. The molecule has 0 aromatic rings. The summed E-state index contributed by atoms with van der Waals surface area (Å²) < 4.78 is 5.50. The minimum Gasteiger partial charge on any atom is -0.381 e. The molecule has 0 amide bonds. The number of ether oxygens (including phenoxy) is 1. The Morgan fingerprint density at radius 2 is 1.72 bits per heavy atom. The fourth-order valence-electron chi connectivity index (χ4n) is 4.65. The van der Waals surface area contributed by atoms with Gasteiger partial charge in [-0.1, -0.05) is 33.1 Å². The molecule has 2 aliphatic rings. The fourth-order valence-corrected chi connectivity index (χ4v) is 4.65. The van der Waals surface area contributed by atoms with Crippen LogP contribution in [0.1, 0.15) is 71.6 Å². The molecule has 1 nitrogen and oxygen atoms in total. The second-order valence-corrected chi connectivity index (χ2v) is 6.88. The van der Waals surface area contributed by atoms with Gasteiger partial charge in [-0.3, -0.25) is 0 Å². The maximum atomic E-state index is 5.50. The predicted molar refractivity (Wildman–Crippen MR) is 77.7 cm³/mol. The van der Waals surface area contributed by atoms with Crippen molar-refractivity contribution in [1.29, 1.82) is 0 Å². The van der Waals surface area contributed by atoms with Crippen LogP contribution in [0.5, 0.6) is 0 Å². The number of methoxy groups -OCH3 is 1. The standard InChI is InChI=1S/C17H32O/c1-4-5-14-6-11-17(13(2)12-14)15-7-9-16(18-3)10-8-15/h13-17H,4-12H2,1-3H3. The van der Waals surface area contributed by atoms with Gasteiger partial charge in [-0.05, 0) is 62.2 Å². The van der Waals surface area contributed by atoms with Gasteiger partial charge in [0.05, 0.1) is 6.10 Å². The summed E-state index contributed by atoms with van der Waals surface area (Å²) in [5.74, 6) is 4.04. The first-order chi connectivity index (χ1) is 8.74. The first-order valence-corrected chi connectivity index (χ1v) is 8.27. The predicted octanol–water partition coefficient (Wildman–Crippen LogP) is 5.04. The molecule has 0 radical (unpaired) electrons. The SMILES string of the molecule is CCCC1CCC(C2CCC(OC)CC2)C(C)C1. The maximum absolute atomic E-state index is 5.50. The van der Waals surface area contributed by atoms with Crippen LogP contribution in [0, 0.1) is 23.7 Å². The highest BCUT2D eigenvalue weighted by Gasteiger charge is 2.34. The second kappa shape index (κ2) is 6.93. The minimum atomic E-state index is 0.563. The Kier molecular flexibility index (Phi) is 5.54. The van der Waals surface area contributed by atoms with Crippen LogP contribution in [0.3, 0.4) is 0 Å². The summed E-state index contributed by atoms with van der Waals surface area (Å²) in [7, 11) is 1.88. The highest BCUT2D eigenvalue weighted by atomic mass is 16.5. The van der Waals surface area contributed by atoms with Crippen LogP contribution >= 0.6 is 0 Å². The third-order valence-corrected chi connectivity index (χ3v) is 5.70. The van der Waals surface area contributed by atoms with E-state index in [1.807, 2.05) is 7.11 Å². The topological polar surface area (TPSA) is 9.23 Å². The van der Waals surface area contributed by atoms with E-state index in [0.29, 0.717) is 6.10 Å². The molecule has 2 rings (SSSR count). The zero-order valence-electron chi connectivity index (χ0n) is 12.7. The Hall–Kier alpha value is -0.0400. The van der Waals surface area contributed by atoms with E-state index < -0.39 is 0 Å². The van der Waals surface area contributed by atoms with Gasteiger partial charge in [0.1, 0.15) is 0 Å². The van der Waals surface area contributed by atoms with Gasteiger partial charge in [-0.25, -0.2) is 0 Å². The third-order valence-electron chi connectivity index (χ3n) is 5.70. The van der Waals surface area contributed by atoms with Crippen LogP contribution in [0.4, 0.5) is 0 Å². The van der Waals surface area contributed by atoms with Crippen molar-refractivity contribution < 1.29 is 4.74 Å². The van der Waals surface area contributed by atoms with E-state index in [2.05, 4.69) is 13.8 Å². The zero-order chi connectivity index (χ0) is 13.0. The molecule has 2 saturated carbocycles. The highest BCUT2D eigenvalue weighted by molar-refractivity contribution is 4.85. The third kappa shape index (κ3) is 3.50. The summed E-state index contributed by atoms with van der Waals surface area (Å²) in [6.07, 6.45) is 13.4. The largest absolute Gasteiger partial charge is 0.381 e. The molecule has 0 N–H and O–H groups in total. The molecule has 18 heavy (non-hydrogen) atoms. The molecule has 106 valence electrons. The first kappa shape index (κ1) is 14.4. The molecular weight excluding hydrogens is 220 g/mol. The lowest BCUT2D eigenvalue weighted by Crippen LogP contribution is -2.32. The number of hydrogen-bond acceptors (Lipinski definition) is 1. The monoisotopic (exact) mass is 252 g/mol. The quantitative estimate of drug-likeness (QED) is 0.680. The fraction of sp³-hybridized carbons (Fsp3) is 1.00. The van der Waals surface area contributed by atoms with Crippen molar-refractivity contribution in [3.8, 4) is 0 Å². The molecule has 0 heterocycles. The number of rotatable bonds is 4. The Morgan fingerprint density at radius 3 is 2.28 bits per heavy atom. The van der Waals surface area contributed by atoms with Gasteiger partial charge >= 0.3 is 0 Å². The van der Waals surface area contributed by atoms with E-state index in [4.69, 9.17) is 4.74 Å². The van der Waals surface area contributed by atoms with Gasteiger partial charge in [0.2, 0.25) is 0 Å². The molecule has 1 heteroatoms. The Balaban J connectivity index is 1.80. The molecule has 0 aromatic heterocycles. The van der Waals surface area contributed by atoms with E-state index in [0.717, 1.165) is 23.7 Å². The Labute approximate surface area is 114 Å². The summed E-state index contributed by atoms with van der Waals surface area (Å²) in [6.45, 7) is 4.86. The van der Waals surface area contributed by atoms with Gasteiger partial charge in [0.15, 0.2) is 0 Å². The van der Waals surface area contributed by atoms with Crippen LogP contribution in [0.25, 0.3) is 0 Å². The van der Waals surface area contributed by atoms with Crippen molar-refractivity contribution in [2.24, 2.45) is 23.7 Å². The molecule has 3 unspecified atom stereocenters. The van der Waals surface area contributed by atoms with Gasteiger partial charge in [-0.2, -0.15) is 0 Å². The smallest absolute Gasteiger partial charge is 0.0571 e. The molecule has 0 aliphatic heterocycles. The van der Waals surface area contributed by atoms with Gasteiger partial charge in [-0.15, -0.1) is 0 Å². The first-order valence-electron chi connectivity index (χ1n) is 8.27. The Bertz CT molecular complexity index is 230. The van der Waals surface area contributed by atoms with Crippen LogP contribution in [-0.4, -0.2) is 13.2 Å². The van der Waals surface area contributed by atoms with E-state index in [1.54, 1.807) is 0 Å². The van der Waals surface area contributed by atoms with Crippen molar-refractivity contribution in [2.45, 2.75) is 77.7 Å². The molecule has 2 aliphatic carbocycles. The van der Waals surface area contributed by atoms with E-state index in [-0.39, 0.29) is 0 Å². The van der Waals surface area contributed by atoms with Gasteiger partial charge < -0.3 is 4.74 Å². The second-order valence-electron chi connectivity index (χ2n) is 6.88. The van der Waals surface area contributed by atoms with Crippen LogP contribution < -0.4 is 0 Å². The van der Waals surface area contributed by atoms with E-state index in [9.17, 15) is 0 Å². The van der Waals surface area contributed by atoms with Crippen LogP contribution in [-0.2, 0) is 4.74 Å².